The van der Waals surface area contributed by atoms with Gasteiger partial charge < -0.3 is 15.8 Å². The van der Waals surface area contributed by atoms with Crippen LogP contribution in [0.15, 0.2) is 18.2 Å². The van der Waals surface area contributed by atoms with Gasteiger partial charge in [0.25, 0.3) is 5.69 Å². The molecule has 3 N–H and O–H groups in total. The molecule has 1 saturated heterocycles. The molecule has 1 fully saturated rings. The molecule has 16 heavy (non-hydrogen) atoms. The third kappa shape index (κ3) is 2.40. The average molecular weight is 223 g/mol. The van der Waals surface area contributed by atoms with Crippen molar-refractivity contribution in [1.29, 1.82) is 0 Å². The maximum Gasteiger partial charge on any atom is 0.273 e. The number of benzene rings is 1. The largest absolute Gasteiger partial charge is 0.398 e. The van der Waals surface area contributed by atoms with E-state index in [1.165, 1.54) is 12.1 Å². The second kappa shape index (κ2) is 4.36. The smallest absolute Gasteiger partial charge is 0.273 e. The zero-order valence-corrected chi connectivity index (χ0v) is 8.68. The highest BCUT2D eigenvalue weighted by Gasteiger charge is 2.16. The summed E-state index contributed by atoms with van der Waals surface area (Å²) < 4.78 is 5.21. The van der Waals surface area contributed by atoms with Crippen LogP contribution in [0.4, 0.5) is 17.1 Å². The van der Waals surface area contributed by atoms with E-state index in [0.717, 1.165) is 13.0 Å². The molecule has 1 aliphatic heterocycles. The second-order valence-electron chi connectivity index (χ2n) is 3.78. The predicted octanol–water partition coefficient (Wildman–Crippen LogP) is 1.38. The predicted molar refractivity (Wildman–Crippen MR) is 60.4 cm³/mol. The summed E-state index contributed by atoms with van der Waals surface area (Å²) in [4.78, 5) is 10.2. The minimum atomic E-state index is -0.452. The van der Waals surface area contributed by atoms with E-state index in [0.29, 0.717) is 18.0 Å². The van der Waals surface area contributed by atoms with Crippen molar-refractivity contribution in [2.45, 2.75) is 12.5 Å². The topological polar surface area (TPSA) is 90.4 Å². The Hall–Kier alpha value is -1.82. The van der Waals surface area contributed by atoms with Crippen molar-refractivity contribution in [3.05, 3.63) is 28.3 Å². The van der Waals surface area contributed by atoms with E-state index < -0.39 is 4.92 Å². The van der Waals surface area contributed by atoms with Gasteiger partial charge in [0.1, 0.15) is 0 Å². The molecule has 1 unspecified atom stereocenters. The van der Waals surface area contributed by atoms with Gasteiger partial charge in [-0.2, -0.15) is 0 Å². The molecule has 0 spiro atoms. The molecule has 2 rings (SSSR count). The molecule has 0 amide bonds. The molecular weight excluding hydrogens is 210 g/mol. The first-order valence-electron chi connectivity index (χ1n) is 5.04. The van der Waals surface area contributed by atoms with Crippen LogP contribution < -0.4 is 11.1 Å². The molecule has 0 aromatic heterocycles. The number of nitrogen functional groups attached to an aromatic ring is 1. The van der Waals surface area contributed by atoms with Crippen molar-refractivity contribution in [1.82, 2.24) is 0 Å². The fraction of sp³-hybridized carbons (Fsp3) is 0.400. The Labute approximate surface area is 92.5 Å². The summed E-state index contributed by atoms with van der Waals surface area (Å²) in [6.07, 6.45) is 0.905. The molecule has 1 aromatic carbocycles. The number of rotatable bonds is 3. The highest BCUT2D eigenvalue weighted by Crippen LogP contribution is 2.23. The minimum absolute atomic E-state index is 0.00131. The van der Waals surface area contributed by atoms with E-state index in [-0.39, 0.29) is 11.7 Å². The highest BCUT2D eigenvalue weighted by molar-refractivity contribution is 5.61. The second-order valence-corrected chi connectivity index (χ2v) is 3.78. The van der Waals surface area contributed by atoms with Crippen molar-refractivity contribution in [2.75, 3.05) is 24.3 Å². The lowest BCUT2D eigenvalue weighted by molar-refractivity contribution is -0.384. The molecular formula is C10H13N3O3. The number of nitro benzene ring substituents is 1. The van der Waals surface area contributed by atoms with Crippen LogP contribution in [0.5, 0.6) is 0 Å². The Morgan fingerprint density at radius 1 is 1.50 bits per heavy atom. The Morgan fingerprint density at radius 2 is 2.31 bits per heavy atom. The van der Waals surface area contributed by atoms with Crippen LogP contribution in [-0.2, 0) is 4.74 Å². The van der Waals surface area contributed by atoms with Gasteiger partial charge in [0, 0.05) is 30.1 Å². The van der Waals surface area contributed by atoms with Crippen LogP contribution in [0, 0.1) is 10.1 Å². The Kier molecular flexibility index (Phi) is 2.91. The van der Waals surface area contributed by atoms with Gasteiger partial charge in [-0.25, -0.2) is 0 Å². The van der Waals surface area contributed by atoms with Gasteiger partial charge >= 0.3 is 0 Å². The molecule has 1 atom stereocenters. The van der Waals surface area contributed by atoms with Crippen molar-refractivity contribution in [3.63, 3.8) is 0 Å². The first kappa shape index (κ1) is 10.7. The lowest BCUT2D eigenvalue weighted by Crippen LogP contribution is -2.18. The normalized spacial score (nSPS) is 19.6. The number of non-ortho nitro benzene ring substituents is 1. The first-order chi connectivity index (χ1) is 7.65. The van der Waals surface area contributed by atoms with Gasteiger partial charge in [-0.15, -0.1) is 0 Å². The third-order valence-corrected chi connectivity index (χ3v) is 2.45. The van der Waals surface area contributed by atoms with Crippen molar-refractivity contribution in [3.8, 4) is 0 Å². The summed E-state index contributed by atoms with van der Waals surface area (Å²) in [5, 5.41) is 13.8. The van der Waals surface area contributed by atoms with Crippen LogP contribution in [0.3, 0.4) is 0 Å². The van der Waals surface area contributed by atoms with E-state index in [9.17, 15) is 10.1 Å². The van der Waals surface area contributed by atoms with Crippen molar-refractivity contribution < 1.29 is 9.66 Å². The maximum atomic E-state index is 10.6. The molecule has 0 aliphatic carbocycles. The zero-order chi connectivity index (χ0) is 11.5. The van der Waals surface area contributed by atoms with Crippen LogP contribution in [0.25, 0.3) is 0 Å². The van der Waals surface area contributed by atoms with Crippen molar-refractivity contribution >= 4 is 17.1 Å². The SMILES string of the molecule is Nc1cc(NC2CCOC2)cc([N+](=O)[O-])c1. The van der Waals surface area contributed by atoms with Crippen LogP contribution in [-0.4, -0.2) is 24.2 Å². The monoisotopic (exact) mass is 223 g/mol. The number of hydrogen-bond donors (Lipinski definition) is 2. The van der Waals surface area contributed by atoms with Gasteiger partial charge in [-0.05, 0) is 12.5 Å². The Bertz CT molecular complexity index is 402. The summed E-state index contributed by atoms with van der Waals surface area (Å²) in [6.45, 7) is 1.35. The minimum Gasteiger partial charge on any atom is -0.398 e. The first-order valence-corrected chi connectivity index (χ1v) is 5.04. The molecule has 1 aromatic rings. The van der Waals surface area contributed by atoms with Gasteiger partial charge in [-0.1, -0.05) is 0 Å². The summed E-state index contributed by atoms with van der Waals surface area (Å²) in [5.41, 5.74) is 6.65. The van der Waals surface area contributed by atoms with Crippen LogP contribution in [0.2, 0.25) is 0 Å². The Morgan fingerprint density at radius 3 is 2.94 bits per heavy atom. The van der Waals surface area contributed by atoms with Crippen molar-refractivity contribution in [2.24, 2.45) is 0 Å². The molecule has 1 aliphatic rings. The molecule has 6 heteroatoms. The third-order valence-electron chi connectivity index (χ3n) is 2.45. The number of anilines is 2. The molecule has 6 nitrogen and oxygen atoms in total. The van der Waals surface area contributed by atoms with E-state index in [2.05, 4.69) is 5.32 Å². The fourth-order valence-corrected chi connectivity index (χ4v) is 1.71. The highest BCUT2D eigenvalue weighted by atomic mass is 16.6. The average Bonchev–Trinajstić information content (AvgIpc) is 2.69. The molecule has 86 valence electrons. The summed E-state index contributed by atoms with van der Waals surface area (Å²) in [5.74, 6) is 0. The van der Waals surface area contributed by atoms with E-state index >= 15 is 0 Å². The summed E-state index contributed by atoms with van der Waals surface area (Å²) in [7, 11) is 0. The number of nitrogens with two attached hydrogens (primary N) is 1. The van der Waals surface area contributed by atoms with Gasteiger partial charge in [0.15, 0.2) is 0 Å². The van der Waals surface area contributed by atoms with Crippen LogP contribution in [0.1, 0.15) is 6.42 Å². The number of nitro groups is 1. The summed E-state index contributed by atoms with van der Waals surface area (Å²) >= 11 is 0. The maximum absolute atomic E-state index is 10.6. The quantitative estimate of drug-likeness (QED) is 0.459. The van der Waals surface area contributed by atoms with E-state index in [1.807, 2.05) is 0 Å². The lowest BCUT2D eigenvalue weighted by Gasteiger charge is -2.12. The lowest BCUT2D eigenvalue weighted by atomic mass is 10.2. The molecule has 0 saturated carbocycles. The van der Waals surface area contributed by atoms with Crippen LogP contribution >= 0.6 is 0 Å². The van der Waals surface area contributed by atoms with E-state index in [1.54, 1.807) is 6.07 Å². The molecule has 1 heterocycles. The molecule has 0 bridgehead atoms. The van der Waals surface area contributed by atoms with Gasteiger partial charge in [-0.3, -0.25) is 10.1 Å². The number of ether oxygens (including phenoxy) is 1. The summed E-state index contributed by atoms with van der Waals surface area (Å²) in [6, 6.07) is 4.72. The number of hydrogen-bond acceptors (Lipinski definition) is 5. The zero-order valence-electron chi connectivity index (χ0n) is 8.68. The number of nitrogens with one attached hydrogen (secondary N) is 1. The van der Waals surface area contributed by atoms with Gasteiger partial charge in [0.2, 0.25) is 0 Å². The Balaban J connectivity index is 2.16. The molecule has 0 radical (unpaired) electrons. The number of nitrogens with zero attached hydrogens (tertiary/aromatic N) is 1. The standard InChI is InChI=1S/C10H13N3O3/c11-7-3-9(5-10(4-7)13(14)15)12-8-1-2-16-6-8/h3-5,8,12H,1-2,6,11H2. The van der Waals surface area contributed by atoms with Gasteiger partial charge in [0.05, 0.1) is 17.6 Å². The fourth-order valence-electron chi connectivity index (χ4n) is 1.71. The van der Waals surface area contributed by atoms with E-state index in [4.69, 9.17) is 10.5 Å².